The van der Waals surface area contributed by atoms with Crippen LogP contribution in [0.25, 0.3) is 0 Å². The standard InChI is InChI=1S/C17H23NO3/c1-10(2)8-13(5)16(19)18-15(17(20)21)14-7-6-11(3)12(4)9-14/h6-7,9,13,15H,1,8H2,2-5H3,(H,18,19)(H,20,21). The minimum atomic E-state index is -1.06. The molecule has 0 saturated carbocycles. The molecule has 2 unspecified atom stereocenters. The number of hydrogen-bond donors (Lipinski definition) is 2. The van der Waals surface area contributed by atoms with Gasteiger partial charge in [-0.3, -0.25) is 4.79 Å². The summed E-state index contributed by atoms with van der Waals surface area (Å²) in [5.74, 6) is -1.63. The molecule has 0 aliphatic rings. The van der Waals surface area contributed by atoms with Gasteiger partial charge in [-0.05, 0) is 43.9 Å². The summed E-state index contributed by atoms with van der Waals surface area (Å²) >= 11 is 0. The third-order valence-corrected chi connectivity index (χ3v) is 3.50. The van der Waals surface area contributed by atoms with Crippen LogP contribution in [0.15, 0.2) is 30.4 Å². The molecule has 1 rings (SSSR count). The largest absolute Gasteiger partial charge is 0.479 e. The van der Waals surface area contributed by atoms with Gasteiger partial charge in [0, 0.05) is 5.92 Å². The van der Waals surface area contributed by atoms with Crippen molar-refractivity contribution < 1.29 is 14.7 Å². The molecular formula is C17H23NO3. The second kappa shape index (κ2) is 7.07. The molecule has 2 atom stereocenters. The third-order valence-electron chi connectivity index (χ3n) is 3.50. The SMILES string of the molecule is C=C(C)CC(C)C(=O)NC(C(=O)O)c1ccc(C)c(C)c1. The molecular weight excluding hydrogens is 266 g/mol. The van der Waals surface area contributed by atoms with Crippen molar-refractivity contribution in [1.82, 2.24) is 5.32 Å². The van der Waals surface area contributed by atoms with Gasteiger partial charge in [-0.1, -0.05) is 30.7 Å². The van der Waals surface area contributed by atoms with Gasteiger partial charge in [-0.25, -0.2) is 4.79 Å². The Bertz CT molecular complexity index is 563. The fourth-order valence-electron chi connectivity index (χ4n) is 2.13. The number of nitrogens with one attached hydrogen (secondary N) is 1. The first kappa shape index (κ1) is 17.0. The average molecular weight is 289 g/mol. The van der Waals surface area contributed by atoms with Gasteiger partial charge in [-0.2, -0.15) is 0 Å². The van der Waals surface area contributed by atoms with Crippen molar-refractivity contribution >= 4 is 11.9 Å². The van der Waals surface area contributed by atoms with Gasteiger partial charge < -0.3 is 10.4 Å². The minimum Gasteiger partial charge on any atom is -0.479 e. The van der Waals surface area contributed by atoms with Gasteiger partial charge in [0.15, 0.2) is 6.04 Å². The number of hydrogen-bond acceptors (Lipinski definition) is 2. The number of carboxylic acids is 1. The molecule has 21 heavy (non-hydrogen) atoms. The number of carboxylic acid groups (broad SMARTS) is 1. The van der Waals surface area contributed by atoms with E-state index < -0.39 is 12.0 Å². The molecule has 4 heteroatoms. The summed E-state index contributed by atoms with van der Waals surface area (Å²) in [6, 6.07) is 4.39. The van der Waals surface area contributed by atoms with E-state index in [0.717, 1.165) is 16.7 Å². The number of carbonyl (C=O) groups is 2. The van der Waals surface area contributed by atoms with Gasteiger partial charge in [0.25, 0.3) is 0 Å². The summed E-state index contributed by atoms with van der Waals surface area (Å²) in [4.78, 5) is 23.5. The van der Waals surface area contributed by atoms with E-state index in [1.54, 1.807) is 19.1 Å². The summed E-state index contributed by atoms with van der Waals surface area (Å²) < 4.78 is 0. The monoisotopic (exact) mass is 289 g/mol. The van der Waals surface area contributed by atoms with Crippen molar-refractivity contribution in [1.29, 1.82) is 0 Å². The minimum absolute atomic E-state index is 0.274. The number of allylic oxidation sites excluding steroid dienone is 1. The Labute approximate surface area is 125 Å². The molecule has 0 spiro atoms. The van der Waals surface area contributed by atoms with Crippen LogP contribution in [0, 0.1) is 19.8 Å². The van der Waals surface area contributed by atoms with Crippen LogP contribution >= 0.6 is 0 Å². The van der Waals surface area contributed by atoms with Crippen LogP contribution in [0.4, 0.5) is 0 Å². The van der Waals surface area contributed by atoms with Crippen LogP contribution in [0.2, 0.25) is 0 Å². The molecule has 4 nitrogen and oxygen atoms in total. The van der Waals surface area contributed by atoms with E-state index in [4.69, 9.17) is 0 Å². The van der Waals surface area contributed by atoms with E-state index in [1.165, 1.54) is 0 Å². The first-order valence-corrected chi connectivity index (χ1v) is 6.97. The number of carbonyl (C=O) groups excluding carboxylic acids is 1. The van der Waals surface area contributed by atoms with Gasteiger partial charge in [0.05, 0.1) is 0 Å². The van der Waals surface area contributed by atoms with Crippen LogP contribution in [0.5, 0.6) is 0 Å². The second-order valence-electron chi connectivity index (χ2n) is 5.69. The lowest BCUT2D eigenvalue weighted by Gasteiger charge is -2.19. The maximum atomic E-state index is 12.1. The Kier molecular flexibility index (Phi) is 5.70. The Morgan fingerprint density at radius 2 is 1.90 bits per heavy atom. The van der Waals surface area contributed by atoms with Crippen molar-refractivity contribution in [2.24, 2.45) is 5.92 Å². The molecule has 114 valence electrons. The summed E-state index contributed by atoms with van der Waals surface area (Å²) in [7, 11) is 0. The topological polar surface area (TPSA) is 66.4 Å². The smallest absolute Gasteiger partial charge is 0.330 e. The fraction of sp³-hybridized carbons (Fsp3) is 0.412. The van der Waals surface area contributed by atoms with Crippen LogP contribution in [-0.4, -0.2) is 17.0 Å². The lowest BCUT2D eigenvalue weighted by atomic mass is 9.99. The molecule has 1 amide bonds. The third kappa shape index (κ3) is 4.74. The summed E-state index contributed by atoms with van der Waals surface area (Å²) in [5.41, 5.74) is 3.57. The molecule has 0 aliphatic heterocycles. The molecule has 2 N–H and O–H groups in total. The lowest BCUT2D eigenvalue weighted by molar-refractivity contribution is -0.142. The number of rotatable bonds is 6. The molecule has 1 aromatic rings. The Hall–Kier alpha value is -2.10. The molecule has 0 aliphatic carbocycles. The Morgan fingerprint density at radius 1 is 1.29 bits per heavy atom. The number of aliphatic carboxylic acids is 1. The first-order valence-electron chi connectivity index (χ1n) is 6.97. The molecule has 0 fully saturated rings. The molecule has 1 aromatic carbocycles. The molecule has 0 bridgehead atoms. The van der Waals surface area contributed by atoms with E-state index in [0.29, 0.717) is 12.0 Å². The van der Waals surface area contributed by atoms with E-state index in [1.807, 2.05) is 26.8 Å². The highest BCUT2D eigenvalue weighted by Crippen LogP contribution is 2.19. The zero-order valence-corrected chi connectivity index (χ0v) is 13.1. The van der Waals surface area contributed by atoms with Gasteiger partial charge in [0.1, 0.15) is 0 Å². The lowest BCUT2D eigenvalue weighted by Crippen LogP contribution is -2.37. The van der Waals surface area contributed by atoms with Crippen LogP contribution < -0.4 is 5.32 Å². The predicted molar refractivity (Wildman–Crippen MR) is 83.0 cm³/mol. The maximum absolute atomic E-state index is 12.1. The highest BCUT2D eigenvalue weighted by Gasteiger charge is 2.24. The zero-order chi connectivity index (χ0) is 16.2. The van der Waals surface area contributed by atoms with Crippen molar-refractivity contribution in [3.63, 3.8) is 0 Å². The van der Waals surface area contributed by atoms with Gasteiger partial charge in [-0.15, -0.1) is 6.58 Å². The van der Waals surface area contributed by atoms with E-state index in [9.17, 15) is 14.7 Å². The second-order valence-corrected chi connectivity index (χ2v) is 5.69. The van der Waals surface area contributed by atoms with Crippen LogP contribution in [-0.2, 0) is 9.59 Å². The number of aryl methyl sites for hydroxylation is 2. The van der Waals surface area contributed by atoms with Crippen LogP contribution in [0.1, 0.15) is 43.0 Å². The Morgan fingerprint density at radius 3 is 2.38 bits per heavy atom. The summed E-state index contributed by atoms with van der Waals surface area (Å²) in [6.45, 7) is 11.3. The van der Waals surface area contributed by atoms with Crippen molar-refractivity contribution in [3.8, 4) is 0 Å². The highest BCUT2D eigenvalue weighted by molar-refractivity contribution is 5.85. The predicted octanol–water partition coefficient (Wildman–Crippen LogP) is 3.15. The van der Waals surface area contributed by atoms with E-state index in [2.05, 4.69) is 11.9 Å². The maximum Gasteiger partial charge on any atom is 0.330 e. The van der Waals surface area contributed by atoms with Crippen molar-refractivity contribution in [2.75, 3.05) is 0 Å². The molecule has 0 aromatic heterocycles. The number of benzene rings is 1. The van der Waals surface area contributed by atoms with Gasteiger partial charge in [0.2, 0.25) is 5.91 Å². The average Bonchev–Trinajstić information content (AvgIpc) is 2.37. The van der Waals surface area contributed by atoms with E-state index >= 15 is 0 Å². The van der Waals surface area contributed by atoms with Crippen molar-refractivity contribution in [3.05, 3.63) is 47.0 Å². The normalized spacial score (nSPS) is 13.3. The van der Waals surface area contributed by atoms with Crippen LogP contribution in [0.3, 0.4) is 0 Å². The molecule has 0 heterocycles. The zero-order valence-electron chi connectivity index (χ0n) is 13.1. The highest BCUT2D eigenvalue weighted by atomic mass is 16.4. The van der Waals surface area contributed by atoms with Gasteiger partial charge >= 0.3 is 5.97 Å². The molecule has 0 saturated heterocycles. The van der Waals surface area contributed by atoms with E-state index in [-0.39, 0.29) is 11.8 Å². The first-order chi connectivity index (χ1) is 9.72. The quantitative estimate of drug-likeness (QED) is 0.791. The summed E-state index contributed by atoms with van der Waals surface area (Å²) in [6.07, 6.45) is 0.547. The molecule has 0 radical (unpaired) electrons. The Balaban J connectivity index is 2.92. The fourth-order valence-corrected chi connectivity index (χ4v) is 2.13. The number of amides is 1. The van der Waals surface area contributed by atoms with Crippen molar-refractivity contribution in [2.45, 2.75) is 40.2 Å². The summed E-state index contributed by atoms with van der Waals surface area (Å²) in [5, 5.41) is 12.0.